The summed E-state index contributed by atoms with van der Waals surface area (Å²) in [6.07, 6.45) is 0. The molecule has 0 bridgehead atoms. The van der Waals surface area contributed by atoms with Crippen molar-refractivity contribution in [2.45, 2.75) is 41.5 Å². The summed E-state index contributed by atoms with van der Waals surface area (Å²) < 4.78 is 4.76. The number of hydrogen-bond donors (Lipinski definition) is 1. The van der Waals surface area contributed by atoms with Gasteiger partial charge in [0.2, 0.25) is 0 Å². The van der Waals surface area contributed by atoms with Crippen LogP contribution in [0.2, 0.25) is 0 Å². The number of rotatable bonds is 5. The van der Waals surface area contributed by atoms with Gasteiger partial charge >= 0.3 is 5.97 Å². The molecule has 0 heterocycles. The summed E-state index contributed by atoms with van der Waals surface area (Å²) >= 11 is 0. The average molecular weight is 229 g/mol. The molecular formula is C13H27NO2. The zero-order valence-corrected chi connectivity index (χ0v) is 11.8. The van der Waals surface area contributed by atoms with Gasteiger partial charge in [-0.05, 0) is 31.7 Å². The number of ether oxygens (including phenoxy) is 1. The van der Waals surface area contributed by atoms with Crippen molar-refractivity contribution in [1.29, 1.82) is 0 Å². The third-order valence-corrected chi connectivity index (χ3v) is 3.23. The number of esters is 1. The van der Waals surface area contributed by atoms with Crippen molar-refractivity contribution < 1.29 is 9.53 Å². The van der Waals surface area contributed by atoms with Crippen LogP contribution in [-0.2, 0) is 9.53 Å². The van der Waals surface area contributed by atoms with Crippen LogP contribution in [0.1, 0.15) is 41.5 Å². The average Bonchev–Trinajstić information content (AvgIpc) is 2.14. The lowest BCUT2D eigenvalue weighted by Crippen LogP contribution is -2.40. The molecule has 0 aliphatic rings. The van der Waals surface area contributed by atoms with Crippen molar-refractivity contribution in [1.82, 2.24) is 5.32 Å². The second-order valence-electron chi connectivity index (χ2n) is 6.27. The third kappa shape index (κ3) is 4.97. The molecule has 1 atom stereocenters. The SMILES string of the molecule is COC(=O)C(C)(C)CNCC(C)C(C)(C)C. The third-order valence-electron chi connectivity index (χ3n) is 3.23. The standard InChI is InChI=1S/C13H27NO2/c1-10(12(2,3)4)8-14-9-13(5,6)11(15)16-7/h10,14H,8-9H2,1-7H3. The van der Waals surface area contributed by atoms with Gasteiger partial charge in [0, 0.05) is 6.54 Å². The quantitative estimate of drug-likeness (QED) is 0.736. The summed E-state index contributed by atoms with van der Waals surface area (Å²) in [6.45, 7) is 14.3. The molecule has 0 aromatic rings. The van der Waals surface area contributed by atoms with Gasteiger partial charge in [-0.25, -0.2) is 0 Å². The summed E-state index contributed by atoms with van der Waals surface area (Å²) in [4.78, 5) is 11.4. The molecule has 96 valence electrons. The smallest absolute Gasteiger partial charge is 0.312 e. The molecule has 0 radical (unpaired) electrons. The van der Waals surface area contributed by atoms with Crippen LogP contribution in [0.4, 0.5) is 0 Å². The van der Waals surface area contributed by atoms with E-state index in [4.69, 9.17) is 4.74 Å². The molecule has 1 unspecified atom stereocenters. The Labute approximate surface area is 99.9 Å². The highest BCUT2D eigenvalue weighted by atomic mass is 16.5. The Kier molecular flexibility index (Phi) is 5.47. The summed E-state index contributed by atoms with van der Waals surface area (Å²) in [7, 11) is 1.43. The van der Waals surface area contributed by atoms with E-state index in [0.717, 1.165) is 6.54 Å². The van der Waals surface area contributed by atoms with E-state index in [2.05, 4.69) is 33.0 Å². The first-order valence-electron chi connectivity index (χ1n) is 5.90. The Bertz CT molecular complexity index is 229. The lowest BCUT2D eigenvalue weighted by molar-refractivity contribution is -0.150. The molecule has 0 aliphatic carbocycles. The number of carbonyl (C=O) groups is 1. The zero-order chi connectivity index (χ0) is 13.0. The molecule has 3 nitrogen and oxygen atoms in total. The van der Waals surface area contributed by atoms with Crippen LogP contribution < -0.4 is 5.32 Å². The van der Waals surface area contributed by atoms with Gasteiger partial charge in [0.25, 0.3) is 0 Å². The lowest BCUT2D eigenvalue weighted by atomic mass is 9.82. The summed E-state index contributed by atoms with van der Waals surface area (Å²) in [5.74, 6) is 0.407. The molecule has 0 saturated heterocycles. The molecular weight excluding hydrogens is 202 g/mol. The first-order chi connectivity index (χ1) is 7.11. The van der Waals surface area contributed by atoms with Crippen molar-refractivity contribution in [3.05, 3.63) is 0 Å². The van der Waals surface area contributed by atoms with E-state index in [-0.39, 0.29) is 5.97 Å². The van der Waals surface area contributed by atoms with Gasteiger partial charge < -0.3 is 10.1 Å². The minimum absolute atomic E-state index is 0.164. The second kappa shape index (κ2) is 5.67. The highest BCUT2D eigenvalue weighted by molar-refractivity contribution is 5.76. The first-order valence-corrected chi connectivity index (χ1v) is 5.90. The lowest BCUT2D eigenvalue weighted by Gasteiger charge is -2.29. The fourth-order valence-corrected chi connectivity index (χ4v) is 1.26. The van der Waals surface area contributed by atoms with E-state index < -0.39 is 5.41 Å². The normalized spacial score (nSPS) is 14.7. The molecule has 0 saturated carbocycles. The molecule has 0 fully saturated rings. The molecule has 3 heteroatoms. The van der Waals surface area contributed by atoms with Crippen LogP contribution in [0.3, 0.4) is 0 Å². The maximum atomic E-state index is 11.4. The molecule has 0 aromatic carbocycles. The Morgan fingerprint density at radius 1 is 1.25 bits per heavy atom. The minimum Gasteiger partial charge on any atom is -0.469 e. The number of carbonyl (C=O) groups excluding carboxylic acids is 1. The van der Waals surface area contributed by atoms with Crippen LogP contribution in [0.15, 0.2) is 0 Å². The molecule has 0 amide bonds. The highest BCUT2D eigenvalue weighted by Gasteiger charge is 2.29. The van der Waals surface area contributed by atoms with Gasteiger partial charge in [-0.15, -0.1) is 0 Å². The fourth-order valence-electron chi connectivity index (χ4n) is 1.26. The van der Waals surface area contributed by atoms with E-state index in [0.29, 0.717) is 17.9 Å². The fraction of sp³-hybridized carbons (Fsp3) is 0.923. The molecule has 0 rings (SSSR count). The van der Waals surface area contributed by atoms with E-state index in [9.17, 15) is 4.79 Å². The summed E-state index contributed by atoms with van der Waals surface area (Å²) in [5.41, 5.74) is -0.158. The van der Waals surface area contributed by atoms with Crippen LogP contribution >= 0.6 is 0 Å². The van der Waals surface area contributed by atoms with Crippen molar-refractivity contribution in [3.63, 3.8) is 0 Å². The van der Waals surface area contributed by atoms with Gasteiger partial charge in [0.05, 0.1) is 12.5 Å². The Balaban J connectivity index is 4.04. The maximum Gasteiger partial charge on any atom is 0.312 e. The molecule has 0 aromatic heterocycles. The van der Waals surface area contributed by atoms with Crippen LogP contribution in [-0.4, -0.2) is 26.2 Å². The van der Waals surface area contributed by atoms with E-state index >= 15 is 0 Å². The number of methoxy groups -OCH3 is 1. The van der Waals surface area contributed by atoms with Gasteiger partial charge in [-0.3, -0.25) is 4.79 Å². The highest BCUT2D eigenvalue weighted by Crippen LogP contribution is 2.24. The van der Waals surface area contributed by atoms with Gasteiger partial charge in [-0.2, -0.15) is 0 Å². The maximum absolute atomic E-state index is 11.4. The number of nitrogens with one attached hydrogen (secondary N) is 1. The van der Waals surface area contributed by atoms with E-state index in [1.54, 1.807) is 0 Å². The Hall–Kier alpha value is -0.570. The molecule has 0 spiro atoms. The minimum atomic E-state index is -0.452. The van der Waals surface area contributed by atoms with E-state index in [1.807, 2.05) is 13.8 Å². The largest absolute Gasteiger partial charge is 0.469 e. The number of hydrogen-bond acceptors (Lipinski definition) is 3. The van der Waals surface area contributed by atoms with Gasteiger partial charge in [0.1, 0.15) is 0 Å². The van der Waals surface area contributed by atoms with Crippen molar-refractivity contribution in [2.24, 2.45) is 16.7 Å². The summed E-state index contributed by atoms with van der Waals surface area (Å²) in [5, 5.41) is 3.35. The molecule has 1 N–H and O–H groups in total. The molecule has 0 aliphatic heterocycles. The first kappa shape index (κ1) is 15.4. The van der Waals surface area contributed by atoms with Crippen LogP contribution in [0, 0.1) is 16.7 Å². The van der Waals surface area contributed by atoms with Crippen molar-refractivity contribution in [2.75, 3.05) is 20.2 Å². The predicted octanol–water partition coefficient (Wildman–Crippen LogP) is 2.46. The van der Waals surface area contributed by atoms with Crippen molar-refractivity contribution >= 4 is 5.97 Å². The van der Waals surface area contributed by atoms with Crippen LogP contribution in [0.5, 0.6) is 0 Å². The van der Waals surface area contributed by atoms with Gasteiger partial charge in [0.15, 0.2) is 0 Å². The van der Waals surface area contributed by atoms with Crippen LogP contribution in [0.25, 0.3) is 0 Å². The Morgan fingerprint density at radius 3 is 2.12 bits per heavy atom. The second-order valence-corrected chi connectivity index (χ2v) is 6.27. The molecule has 16 heavy (non-hydrogen) atoms. The van der Waals surface area contributed by atoms with Gasteiger partial charge in [-0.1, -0.05) is 27.7 Å². The topological polar surface area (TPSA) is 38.3 Å². The van der Waals surface area contributed by atoms with E-state index in [1.165, 1.54) is 7.11 Å². The van der Waals surface area contributed by atoms with Crippen molar-refractivity contribution in [3.8, 4) is 0 Å². The zero-order valence-electron chi connectivity index (χ0n) is 11.8. The Morgan fingerprint density at radius 2 is 1.75 bits per heavy atom. The monoisotopic (exact) mass is 229 g/mol. The predicted molar refractivity (Wildman–Crippen MR) is 67.3 cm³/mol. The summed E-state index contributed by atoms with van der Waals surface area (Å²) in [6, 6.07) is 0.